The molecule has 1 saturated heterocycles. The lowest BCUT2D eigenvalue weighted by molar-refractivity contribution is -0.288. The minimum atomic E-state index is -1.41. The van der Waals surface area contributed by atoms with Gasteiger partial charge in [0.2, 0.25) is 12.4 Å². The Balaban J connectivity index is 2.52. The zero-order chi connectivity index (χ0) is 25.4. The molecule has 1 N–H and O–H groups in total. The lowest BCUT2D eigenvalue weighted by Crippen LogP contribution is -2.63. The SMILES string of the molecule is COc1ccc(CO)cc1O[C@@H]1O[C@H](COC(C)=O)[C@@H](OC(C)=O)[C@H](OC(C)=O)[C@H]1OC(C)=O. The number of aliphatic hydroxyl groups is 1. The molecule has 2 rings (SSSR count). The van der Waals surface area contributed by atoms with E-state index in [1.54, 1.807) is 12.1 Å². The Kier molecular flexibility index (Phi) is 9.63. The smallest absolute Gasteiger partial charge is 0.303 e. The second-order valence-corrected chi connectivity index (χ2v) is 7.33. The average molecular weight is 484 g/mol. The third kappa shape index (κ3) is 7.32. The number of hydrogen-bond donors (Lipinski definition) is 1. The van der Waals surface area contributed by atoms with Crippen molar-refractivity contribution in [2.75, 3.05) is 13.7 Å². The summed E-state index contributed by atoms with van der Waals surface area (Å²) in [7, 11) is 1.40. The maximum atomic E-state index is 11.9. The Morgan fingerprint density at radius 1 is 0.853 bits per heavy atom. The van der Waals surface area contributed by atoms with E-state index in [1.807, 2.05) is 0 Å². The first kappa shape index (κ1) is 26.9. The second-order valence-electron chi connectivity index (χ2n) is 7.33. The number of methoxy groups -OCH3 is 1. The maximum Gasteiger partial charge on any atom is 0.303 e. The van der Waals surface area contributed by atoms with Crippen molar-refractivity contribution < 1.29 is 57.4 Å². The molecule has 34 heavy (non-hydrogen) atoms. The number of carbonyl (C=O) groups excluding carboxylic acids is 4. The first-order chi connectivity index (χ1) is 16.0. The Labute approximate surface area is 195 Å². The molecular formula is C22H28O12. The van der Waals surface area contributed by atoms with Crippen LogP contribution in [-0.4, -0.2) is 73.4 Å². The molecule has 1 aromatic rings. The number of benzene rings is 1. The summed E-state index contributed by atoms with van der Waals surface area (Å²) >= 11 is 0. The Hall–Kier alpha value is -3.38. The highest BCUT2D eigenvalue weighted by atomic mass is 16.7. The summed E-state index contributed by atoms with van der Waals surface area (Å²) in [6.45, 7) is 3.87. The van der Waals surface area contributed by atoms with Crippen LogP contribution in [-0.2, 0) is 49.5 Å². The van der Waals surface area contributed by atoms with Crippen LogP contribution in [0.1, 0.15) is 33.3 Å². The van der Waals surface area contributed by atoms with Crippen molar-refractivity contribution in [1.82, 2.24) is 0 Å². The Morgan fingerprint density at radius 2 is 1.44 bits per heavy atom. The summed E-state index contributed by atoms with van der Waals surface area (Å²) in [6, 6.07) is 4.64. The molecule has 5 atom stereocenters. The number of rotatable bonds is 9. The van der Waals surface area contributed by atoms with Gasteiger partial charge in [-0.05, 0) is 17.7 Å². The van der Waals surface area contributed by atoms with Gasteiger partial charge in [-0.15, -0.1) is 0 Å². The number of carbonyl (C=O) groups is 4. The fourth-order valence-corrected chi connectivity index (χ4v) is 3.32. The Bertz CT molecular complexity index is 898. The molecule has 0 unspecified atom stereocenters. The van der Waals surface area contributed by atoms with E-state index < -0.39 is 54.6 Å². The zero-order valence-corrected chi connectivity index (χ0v) is 19.5. The first-order valence-corrected chi connectivity index (χ1v) is 10.3. The van der Waals surface area contributed by atoms with Gasteiger partial charge in [0, 0.05) is 27.7 Å². The van der Waals surface area contributed by atoms with Gasteiger partial charge in [-0.25, -0.2) is 0 Å². The molecule has 0 saturated carbocycles. The third-order valence-corrected chi connectivity index (χ3v) is 4.60. The van der Waals surface area contributed by atoms with Crippen LogP contribution in [0.5, 0.6) is 11.5 Å². The molecule has 0 radical (unpaired) electrons. The lowest BCUT2D eigenvalue weighted by Gasteiger charge is -2.44. The predicted molar refractivity (Wildman–Crippen MR) is 112 cm³/mol. The summed E-state index contributed by atoms with van der Waals surface area (Å²) < 4.78 is 38.1. The van der Waals surface area contributed by atoms with E-state index in [4.69, 9.17) is 33.2 Å². The van der Waals surface area contributed by atoms with E-state index in [0.717, 1.165) is 20.8 Å². The first-order valence-electron chi connectivity index (χ1n) is 10.3. The van der Waals surface area contributed by atoms with E-state index in [1.165, 1.54) is 20.1 Å². The standard InChI is InChI=1S/C22H28O12/c1-11(24)29-10-18-19(30-12(2)25)20(31-13(3)26)21(32-14(4)27)22(34-18)33-17-8-15(9-23)6-7-16(17)28-5/h6-8,18-23H,9-10H2,1-5H3/t18-,19-,20+,21-,22-/m1/s1. The van der Waals surface area contributed by atoms with Crippen LogP contribution >= 0.6 is 0 Å². The highest BCUT2D eigenvalue weighted by molar-refractivity contribution is 5.68. The van der Waals surface area contributed by atoms with Crippen molar-refractivity contribution in [2.24, 2.45) is 0 Å². The zero-order valence-electron chi connectivity index (χ0n) is 19.5. The van der Waals surface area contributed by atoms with Gasteiger partial charge in [0.05, 0.1) is 13.7 Å². The molecule has 188 valence electrons. The van der Waals surface area contributed by atoms with E-state index in [2.05, 4.69) is 0 Å². The van der Waals surface area contributed by atoms with Crippen molar-refractivity contribution in [1.29, 1.82) is 0 Å². The van der Waals surface area contributed by atoms with Crippen LogP contribution < -0.4 is 9.47 Å². The van der Waals surface area contributed by atoms with Gasteiger partial charge < -0.3 is 38.3 Å². The number of ether oxygens (including phenoxy) is 7. The van der Waals surface area contributed by atoms with Crippen LogP contribution in [0.3, 0.4) is 0 Å². The molecule has 1 fully saturated rings. The second kappa shape index (κ2) is 12.2. The lowest BCUT2D eigenvalue weighted by atomic mass is 9.98. The minimum Gasteiger partial charge on any atom is -0.493 e. The van der Waals surface area contributed by atoms with Gasteiger partial charge in [-0.2, -0.15) is 0 Å². The summed E-state index contributed by atoms with van der Waals surface area (Å²) in [5.74, 6) is -2.50. The molecule has 12 heteroatoms. The van der Waals surface area contributed by atoms with Gasteiger partial charge >= 0.3 is 23.9 Å². The van der Waals surface area contributed by atoms with Crippen LogP contribution in [0, 0.1) is 0 Å². The van der Waals surface area contributed by atoms with Crippen molar-refractivity contribution >= 4 is 23.9 Å². The van der Waals surface area contributed by atoms with Gasteiger partial charge in [0.1, 0.15) is 12.7 Å². The number of aliphatic hydroxyl groups excluding tert-OH is 1. The molecule has 0 amide bonds. The molecule has 1 heterocycles. The fraction of sp³-hybridized carbons (Fsp3) is 0.545. The van der Waals surface area contributed by atoms with Crippen LogP contribution in [0.25, 0.3) is 0 Å². The minimum absolute atomic E-state index is 0.120. The molecule has 1 aromatic carbocycles. The fourth-order valence-electron chi connectivity index (χ4n) is 3.32. The van der Waals surface area contributed by atoms with Gasteiger partial charge in [-0.1, -0.05) is 6.07 Å². The van der Waals surface area contributed by atoms with E-state index in [9.17, 15) is 24.3 Å². The molecule has 0 aromatic heterocycles. The normalized spacial score (nSPS) is 23.9. The predicted octanol–water partition coefficient (Wildman–Crippen LogP) is 0.649. The topological polar surface area (TPSA) is 153 Å². The van der Waals surface area contributed by atoms with Crippen LogP contribution in [0.4, 0.5) is 0 Å². The molecule has 0 aliphatic carbocycles. The van der Waals surface area contributed by atoms with E-state index in [-0.39, 0.29) is 24.7 Å². The number of esters is 4. The van der Waals surface area contributed by atoms with Gasteiger partial charge in [0.15, 0.2) is 23.7 Å². The average Bonchev–Trinajstić information content (AvgIpc) is 2.75. The summed E-state index contributed by atoms with van der Waals surface area (Å²) in [6.07, 6.45) is -6.61. The Morgan fingerprint density at radius 3 is 1.97 bits per heavy atom. The van der Waals surface area contributed by atoms with E-state index in [0.29, 0.717) is 5.56 Å². The van der Waals surface area contributed by atoms with Crippen LogP contribution in [0.2, 0.25) is 0 Å². The highest BCUT2D eigenvalue weighted by Gasteiger charge is 2.53. The van der Waals surface area contributed by atoms with E-state index >= 15 is 0 Å². The number of hydrogen-bond acceptors (Lipinski definition) is 12. The van der Waals surface area contributed by atoms with Gasteiger partial charge in [0.25, 0.3) is 0 Å². The summed E-state index contributed by atoms with van der Waals surface area (Å²) in [5.41, 5.74) is 0.487. The quantitative estimate of drug-likeness (QED) is 0.387. The third-order valence-electron chi connectivity index (χ3n) is 4.60. The molecule has 12 nitrogen and oxygen atoms in total. The van der Waals surface area contributed by atoms with Crippen molar-refractivity contribution in [3.63, 3.8) is 0 Å². The largest absolute Gasteiger partial charge is 0.493 e. The molecule has 1 aliphatic rings. The summed E-state index contributed by atoms with van der Waals surface area (Å²) in [5, 5.41) is 9.47. The highest BCUT2D eigenvalue weighted by Crippen LogP contribution is 2.35. The van der Waals surface area contributed by atoms with Crippen molar-refractivity contribution in [3.05, 3.63) is 23.8 Å². The van der Waals surface area contributed by atoms with Crippen molar-refractivity contribution in [2.45, 2.75) is 65.0 Å². The van der Waals surface area contributed by atoms with Crippen molar-refractivity contribution in [3.8, 4) is 11.5 Å². The van der Waals surface area contributed by atoms with Gasteiger partial charge in [-0.3, -0.25) is 19.2 Å². The monoisotopic (exact) mass is 484 g/mol. The molecule has 0 spiro atoms. The molecule has 0 bridgehead atoms. The maximum absolute atomic E-state index is 11.9. The van der Waals surface area contributed by atoms with Crippen LogP contribution in [0.15, 0.2) is 18.2 Å². The molecular weight excluding hydrogens is 456 g/mol. The molecule has 1 aliphatic heterocycles. The summed E-state index contributed by atoms with van der Waals surface area (Å²) in [4.78, 5) is 46.9.